The molecule has 0 spiro atoms. The molecule has 0 aliphatic carbocycles. The van der Waals surface area contributed by atoms with E-state index in [1.165, 1.54) is 17.1 Å². The maximum Gasteiger partial charge on any atom is 0.251 e. The molecule has 0 saturated carbocycles. The second-order valence-corrected chi connectivity index (χ2v) is 8.24. The van der Waals surface area contributed by atoms with Crippen LogP contribution >= 0.6 is 23.5 Å². The Kier molecular flexibility index (Phi) is 6.10. The van der Waals surface area contributed by atoms with Crippen molar-refractivity contribution >= 4 is 29.4 Å². The number of hydrogen-bond donors (Lipinski definition) is 1. The Morgan fingerprint density at radius 2 is 1.83 bits per heavy atom. The summed E-state index contributed by atoms with van der Waals surface area (Å²) < 4.78 is 5.85. The first kappa shape index (κ1) is 17.2. The minimum absolute atomic E-state index is 0.0248. The van der Waals surface area contributed by atoms with Crippen LogP contribution in [-0.2, 0) is 6.42 Å². The lowest BCUT2D eigenvalue weighted by Crippen LogP contribution is -2.25. The van der Waals surface area contributed by atoms with E-state index >= 15 is 0 Å². The maximum absolute atomic E-state index is 12.3. The fourth-order valence-electron chi connectivity index (χ4n) is 2.66. The van der Waals surface area contributed by atoms with Crippen molar-refractivity contribution in [2.75, 3.05) is 25.2 Å². The first-order valence-electron chi connectivity index (χ1n) is 8.01. The van der Waals surface area contributed by atoms with Gasteiger partial charge in [0, 0.05) is 23.6 Å². The van der Waals surface area contributed by atoms with Crippen LogP contribution < -0.4 is 10.1 Å². The summed E-state index contributed by atoms with van der Waals surface area (Å²) in [5.74, 6) is 3.26. The summed E-state index contributed by atoms with van der Waals surface area (Å²) in [4.78, 5) is 12.3. The van der Waals surface area contributed by atoms with Crippen molar-refractivity contribution in [3.05, 3.63) is 65.2 Å². The summed E-state index contributed by atoms with van der Waals surface area (Å²) in [6, 6.07) is 15.9. The highest BCUT2D eigenvalue weighted by atomic mass is 32.2. The van der Waals surface area contributed by atoms with Crippen LogP contribution in [0.15, 0.2) is 48.5 Å². The number of ether oxygens (including phenoxy) is 1. The van der Waals surface area contributed by atoms with E-state index in [0.29, 0.717) is 16.7 Å². The fraction of sp³-hybridized carbons (Fsp3) is 0.316. The van der Waals surface area contributed by atoms with Gasteiger partial charge in [-0.3, -0.25) is 4.79 Å². The predicted molar refractivity (Wildman–Crippen MR) is 103 cm³/mol. The van der Waals surface area contributed by atoms with Crippen LogP contribution in [0.5, 0.6) is 5.75 Å². The highest BCUT2D eigenvalue weighted by molar-refractivity contribution is 8.19. The van der Waals surface area contributed by atoms with Crippen molar-refractivity contribution in [3.63, 3.8) is 0 Å². The molecule has 3 nitrogen and oxygen atoms in total. The Balaban J connectivity index is 1.53. The van der Waals surface area contributed by atoms with E-state index in [-0.39, 0.29) is 5.91 Å². The summed E-state index contributed by atoms with van der Waals surface area (Å²) in [6.07, 6.45) is 0.753. The highest BCUT2D eigenvalue weighted by Crippen LogP contribution is 2.45. The number of hydrogen-bond acceptors (Lipinski definition) is 4. The smallest absolute Gasteiger partial charge is 0.251 e. The van der Waals surface area contributed by atoms with Crippen molar-refractivity contribution < 1.29 is 9.53 Å². The summed E-state index contributed by atoms with van der Waals surface area (Å²) in [5.41, 5.74) is 3.12. The van der Waals surface area contributed by atoms with E-state index in [2.05, 4.69) is 17.4 Å². The molecule has 1 fully saturated rings. The van der Waals surface area contributed by atoms with Crippen LogP contribution in [0.25, 0.3) is 0 Å². The number of benzene rings is 2. The molecule has 1 aliphatic rings. The molecule has 1 N–H and O–H groups in total. The first-order chi connectivity index (χ1) is 11.8. The molecule has 0 aromatic heterocycles. The second-order valence-electron chi connectivity index (χ2n) is 5.51. The predicted octanol–water partition coefficient (Wildman–Crippen LogP) is 4.15. The number of carbonyl (C=O) groups is 1. The number of rotatable bonds is 6. The molecular formula is C19H21NO2S2. The molecule has 1 aliphatic heterocycles. The summed E-state index contributed by atoms with van der Waals surface area (Å²) in [5, 5.41) is 2.98. The third-order valence-electron chi connectivity index (χ3n) is 3.94. The lowest BCUT2D eigenvalue weighted by Gasteiger charge is -2.11. The van der Waals surface area contributed by atoms with E-state index in [1.807, 2.05) is 59.9 Å². The van der Waals surface area contributed by atoms with E-state index in [4.69, 9.17) is 4.74 Å². The van der Waals surface area contributed by atoms with Gasteiger partial charge in [0.15, 0.2) is 0 Å². The van der Waals surface area contributed by atoms with Crippen molar-refractivity contribution in [3.8, 4) is 5.75 Å². The van der Waals surface area contributed by atoms with E-state index in [0.717, 1.165) is 17.7 Å². The molecule has 1 amide bonds. The molecule has 2 aromatic carbocycles. The van der Waals surface area contributed by atoms with Gasteiger partial charge < -0.3 is 10.1 Å². The molecule has 2 aromatic rings. The zero-order chi connectivity index (χ0) is 16.8. The average molecular weight is 360 g/mol. The zero-order valence-corrected chi connectivity index (χ0v) is 15.3. The lowest BCUT2D eigenvalue weighted by molar-refractivity contribution is 0.0954. The Morgan fingerprint density at radius 1 is 1.12 bits per heavy atom. The number of thioether (sulfide) groups is 2. The molecule has 0 unspecified atom stereocenters. The largest absolute Gasteiger partial charge is 0.496 e. The number of amides is 1. The van der Waals surface area contributed by atoms with Crippen molar-refractivity contribution in [2.24, 2.45) is 0 Å². The van der Waals surface area contributed by atoms with Gasteiger partial charge in [-0.25, -0.2) is 0 Å². The minimum Gasteiger partial charge on any atom is -0.496 e. The lowest BCUT2D eigenvalue weighted by atomic mass is 10.1. The Bertz CT molecular complexity index is 682. The number of methoxy groups -OCH3 is 1. The third kappa shape index (κ3) is 4.28. The van der Waals surface area contributed by atoms with Gasteiger partial charge >= 0.3 is 0 Å². The topological polar surface area (TPSA) is 38.3 Å². The molecule has 126 valence electrons. The van der Waals surface area contributed by atoms with Gasteiger partial charge in [-0.15, -0.1) is 23.5 Å². The van der Waals surface area contributed by atoms with Gasteiger partial charge in [-0.2, -0.15) is 0 Å². The molecule has 24 heavy (non-hydrogen) atoms. The molecule has 1 heterocycles. The number of para-hydroxylation sites is 1. The standard InChI is InChI=1S/C19H21NO2S2/c1-22-17-5-3-2-4-14(17)10-11-20-18(21)15-6-8-16(9-7-15)19-23-12-13-24-19/h2-9,19H,10-13H2,1H3,(H,20,21). The van der Waals surface area contributed by atoms with E-state index in [9.17, 15) is 4.79 Å². The van der Waals surface area contributed by atoms with Crippen LogP contribution in [0, 0.1) is 0 Å². The molecule has 0 bridgehead atoms. The van der Waals surface area contributed by atoms with Crippen LogP contribution in [-0.4, -0.2) is 31.1 Å². The van der Waals surface area contributed by atoms with Crippen LogP contribution in [0.1, 0.15) is 26.1 Å². The molecule has 0 atom stereocenters. The van der Waals surface area contributed by atoms with Gasteiger partial charge in [0.05, 0.1) is 11.7 Å². The minimum atomic E-state index is -0.0248. The first-order valence-corrected chi connectivity index (χ1v) is 10.1. The van der Waals surface area contributed by atoms with Gasteiger partial charge in [0.2, 0.25) is 0 Å². The second kappa shape index (κ2) is 8.49. The highest BCUT2D eigenvalue weighted by Gasteiger charge is 2.18. The molecule has 5 heteroatoms. The van der Waals surface area contributed by atoms with Crippen molar-refractivity contribution in [2.45, 2.75) is 11.0 Å². The summed E-state index contributed by atoms with van der Waals surface area (Å²) in [7, 11) is 1.67. The van der Waals surface area contributed by atoms with Crippen LogP contribution in [0.3, 0.4) is 0 Å². The molecule has 0 radical (unpaired) electrons. The van der Waals surface area contributed by atoms with Crippen LogP contribution in [0.2, 0.25) is 0 Å². The SMILES string of the molecule is COc1ccccc1CCNC(=O)c1ccc(C2SCCS2)cc1. The Hall–Kier alpha value is -1.59. The Labute approximate surface area is 151 Å². The maximum atomic E-state index is 12.3. The molecule has 3 rings (SSSR count). The average Bonchev–Trinajstić information content (AvgIpc) is 3.17. The number of carbonyl (C=O) groups excluding carboxylic acids is 1. The molecule has 1 saturated heterocycles. The van der Waals surface area contributed by atoms with Gasteiger partial charge in [0.25, 0.3) is 5.91 Å². The van der Waals surface area contributed by atoms with Crippen LogP contribution in [0.4, 0.5) is 0 Å². The normalized spacial score (nSPS) is 14.5. The number of nitrogens with one attached hydrogen (secondary N) is 1. The van der Waals surface area contributed by atoms with Crippen molar-refractivity contribution in [1.29, 1.82) is 0 Å². The van der Waals surface area contributed by atoms with E-state index < -0.39 is 0 Å². The summed E-state index contributed by atoms with van der Waals surface area (Å²) in [6.45, 7) is 0.593. The van der Waals surface area contributed by atoms with Gasteiger partial charge in [-0.1, -0.05) is 30.3 Å². The summed E-state index contributed by atoms with van der Waals surface area (Å²) >= 11 is 3.95. The van der Waals surface area contributed by atoms with Gasteiger partial charge in [-0.05, 0) is 35.7 Å². The zero-order valence-electron chi connectivity index (χ0n) is 13.7. The fourth-order valence-corrected chi connectivity index (χ4v) is 5.52. The monoisotopic (exact) mass is 359 g/mol. The third-order valence-corrected chi connectivity index (χ3v) is 7.04. The van der Waals surface area contributed by atoms with Crippen molar-refractivity contribution in [1.82, 2.24) is 5.32 Å². The molecular weight excluding hydrogens is 338 g/mol. The van der Waals surface area contributed by atoms with E-state index in [1.54, 1.807) is 7.11 Å². The van der Waals surface area contributed by atoms with Gasteiger partial charge in [0.1, 0.15) is 5.75 Å². The Morgan fingerprint density at radius 3 is 2.54 bits per heavy atom. The quantitative estimate of drug-likeness (QED) is 0.841.